The molecular weight excluding hydrogens is 344 g/mol. The van der Waals surface area contributed by atoms with Gasteiger partial charge in [-0.15, -0.1) is 12.4 Å². The number of hydrogen-bond donors (Lipinski definition) is 2. The van der Waals surface area contributed by atoms with Gasteiger partial charge in [0.2, 0.25) is 10.0 Å². The van der Waals surface area contributed by atoms with Crippen LogP contribution in [-0.2, 0) is 10.0 Å². The van der Waals surface area contributed by atoms with E-state index in [0.717, 1.165) is 5.39 Å². The highest BCUT2D eigenvalue weighted by atomic mass is 35.5. The highest BCUT2D eigenvalue weighted by molar-refractivity contribution is 7.89. The first-order valence-electron chi connectivity index (χ1n) is 6.55. The van der Waals surface area contributed by atoms with Gasteiger partial charge in [0.25, 0.3) is 0 Å². The zero-order chi connectivity index (χ0) is 16.2. The summed E-state index contributed by atoms with van der Waals surface area (Å²) in [6.45, 7) is 0.427. The molecule has 0 bridgehead atoms. The van der Waals surface area contributed by atoms with E-state index in [1.54, 1.807) is 26.4 Å². The number of ether oxygens (including phenoxy) is 2. The number of aromatic nitrogens is 2. The van der Waals surface area contributed by atoms with Gasteiger partial charge in [-0.1, -0.05) is 0 Å². The van der Waals surface area contributed by atoms with Gasteiger partial charge in [0.05, 0.1) is 25.5 Å². The lowest BCUT2D eigenvalue weighted by Crippen LogP contribution is -2.19. The zero-order valence-corrected chi connectivity index (χ0v) is 14.4. The zero-order valence-electron chi connectivity index (χ0n) is 12.8. The van der Waals surface area contributed by atoms with Gasteiger partial charge in [-0.3, -0.25) is 0 Å². The van der Waals surface area contributed by atoms with Gasteiger partial charge >= 0.3 is 0 Å². The van der Waals surface area contributed by atoms with Crippen molar-refractivity contribution in [1.82, 2.24) is 9.97 Å². The van der Waals surface area contributed by atoms with E-state index in [-0.39, 0.29) is 18.2 Å². The molecule has 0 saturated carbocycles. The standard InChI is InChI=1S/C13H18N4O4S.ClH/c1-20-11-6-9-10(7-12(11)21-2)16-8-17-13(9)15-4-3-5-22(14,18)19;/h6-8H,3-5H2,1-2H3,(H2,14,18,19)(H,15,16,17);1H. The normalized spacial score (nSPS) is 10.9. The summed E-state index contributed by atoms with van der Waals surface area (Å²) in [7, 11) is -0.349. The number of fused-ring (bicyclic) bond motifs is 1. The Hall–Kier alpha value is -1.84. The molecule has 3 N–H and O–H groups in total. The van der Waals surface area contributed by atoms with Crippen molar-refractivity contribution in [3.63, 3.8) is 0 Å². The van der Waals surface area contributed by atoms with Crippen molar-refractivity contribution in [2.75, 3.05) is 31.8 Å². The minimum Gasteiger partial charge on any atom is -0.493 e. The molecule has 0 saturated heterocycles. The van der Waals surface area contributed by atoms with Crippen molar-refractivity contribution in [2.24, 2.45) is 5.14 Å². The number of rotatable bonds is 7. The van der Waals surface area contributed by atoms with Crippen LogP contribution in [0.5, 0.6) is 11.5 Å². The van der Waals surface area contributed by atoms with E-state index < -0.39 is 10.0 Å². The number of hydrogen-bond acceptors (Lipinski definition) is 7. The third-order valence-electron chi connectivity index (χ3n) is 3.04. The monoisotopic (exact) mass is 362 g/mol. The van der Waals surface area contributed by atoms with E-state index in [9.17, 15) is 8.42 Å². The Balaban J connectivity index is 0.00000264. The minimum atomic E-state index is -3.45. The van der Waals surface area contributed by atoms with Gasteiger partial charge in [0, 0.05) is 18.0 Å². The van der Waals surface area contributed by atoms with Crippen molar-refractivity contribution in [3.8, 4) is 11.5 Å². The van der Waals surface area contributed by atoms with Gasteiger partial charge in [0.1, 0.15) is 12.1 Å². The second-order valence-electron chi connectivity index (χ2n) is 4.59. The number of sulfonamides is 1. The summed E-state index contributed by atoms with van der Waals surface area (Å²) >= 11 is 0. The Morgan fingerprint density at radius 1 is 1.17 bits per heavy atom. The molecule has 1 heterocycles. The molecular formula is C13H19ClN4O4S. The lowest BCUT2D eigenvalue weighted by Gasteiger charge is -2.11. The molecule has 1 aromatic heterocycles. The van der Waals surface area contributed by atoms with Crippen molar-refractivity contribution >= 4 is 39.2 Å². The number of nitrogens with one attached hydrogen (secondary N) is 1. The van der Waals surface area contributed by atoms with E-state index in [2.05, 4.69) is 15.3 Å². The third kappa shape index (κ3) is 5.08. The van der Waals surface area contributed by atoms with Crippen molar-refractivity contribution in [3.05, 3.63) is 18.5 Å². The topological polar surface area (TPSA) is 116 Å². The van der Waals surface area contributed by atoms with Crippen LogP contribution in [0, 0.1) is 0 Å². The number of anilines is 1. The molecule has 0 atom stereocenters. The molecule has 0 spiro atoms. The fourth-order valence-corrected chi connectivity index (χ4v) is 2.55. The molecule has 0 unspecified atom stereocenters. The van der Waals surface area contributed by atoms with Crippen LogP contribution in [0.2, 0.25) is 0 Å². The molecule has 0 aliphatic rings. The first-order valence-corrected chi connectivity index (χ1v) is 8.27. The smallest absolute Gasteiger partial charge is 0.209 e. The number of nitrogens with zero attached hydrogens (tertiary/aromatic N) is 2. The third-order valence-corrected chi connectivity index (χ3v) is 3.90. The van der Waals surface area contributed by atoms with E-state index in [1.807, 2.05) is 0 Å². The van der Waals surface area contributed by atoms with E-state index >= 15 is 0 Å². The fourth-order valence-electron chi connectivity index (χ4n) is 2.00. The molecule has 1 aromatic carbocycles. The predicted octanol–water partition coefficient (Wildman–Crippen LogP) is 1.16. The lowest BCUT2D eigenvalue weighted by atomic mass is 10.2. The molecule has 10 heteroatoms. The molecule has 0 aliphatic carbocycles. The molecule has 0 aliphatic heterocycles. The van der Waals surface area contributed by atoms with E-state index in [0.29, 0.717) is 35.8 Å². The first kappa shape index (κ1) is 19.2. The molecule has 0 amide bonds. The molecule has 0 fully saturated rings. The Morgan fingerprint density at radius 2 is 1.83 bits per heavy atom. The van der Waals surface area contributed by atoms with E-state index in [1.165, 1.54) is 6.33 Å². The lowest BCUT2D eigenvalue weighted by molar-refractivity contribution is 0.356. The fraction of sp³-hybridized carbons (Fsp3) is 0.385. The summed E-state index contributed by atoms with van der Waals surface area (Å²) in [5, 5.41) is 8.81. The molecule has 2 rings (SSSR count). The second kappa shape index (κ2) is 8.14. The summed E-state index contributed by atoms with van der Waals surface area (Å²) in [6, 6.07) is 3.53. The Labute approximate surface area is 140 Å². The van der Waals surface area contributed by atoms with Crippen LogP contribution in [0.15, 0.2) is 18.5 Å². The van der Waals surface area contributed by atoms with Gasteiger partial charge in [-0.2, -0.15) is 0 Å². The summed E-state index contributed by atoms with van der Waals surface area (Å²) in [5.41, 5.74) is 0.696. The van der Waals surface area contributed by atoms with Crippen LogP contribution >= 0.6 is 12.4 Å². The maximum absolute atomic E-state index is 10.9. The number of methoxy groups -OCH3 is 2. The predicted molar refractivity (Wildman–Crippen MR) is 91.0 cm³/mol. The second-order valence-corrected chi connectivity index (χ2v) is 6.33. The van der Waals surface area contributed by atoms with Crippen molar-refractivity contribution < 1.29 is 17.9 Å². The Kier molecular flexibility index (Phi) is 6.79. The number of primary sulfonamides is 1. The largest absolute Gasteiger partial charge is 0.493 e. The quantitative estimate of drug-likeness (QED) is 0.710. The molecule has 0 radical (unpaired) electrons. The van der Waals surface area contributed by atoms with Crippen molar-refractivity contribution in [1.29, 1.82) is 0 Å². The highest BCUT2D eigenvalue weighted by Gasteiger charge is 2.11. The van der Waals surface area contributed by atoms with Crippen LogP contribution in [0.25, 0.3) is 10.9 Å². The Bertz CT molecular complexity index is 770. The van der Waals surface area contributed by atoms with Gasteiger partial charge < -0.3 is 14.8 Å². The van der Waals surface area contributed by atoms with Crippen LogP contribution in [0.3, 0.4) is 0 Å². The maximum atomic E-state index is 10.9. The van der Waals surface area contributed by atoms with Gasteiger partial charge in [-0.05, 0) is 12.5 Å². The molecule has 2 aromatic rings. The summed E-state index contributed by atoms with van der Waals surface area (Å²) < 4.78 is 32.3. The van der Waals surface area contributed by atoms with Crippen LogP contribution < -0.4 is 19.9 Å². The Morgan fingerprint density at radius 3 is 2.43 bits per heavy atom. The maximum Gasteiger partial charge on any atom is 0.209 e. The summed E-state index contributed by atoms with van der Waals surface area (Å²) in [5.74, 6) is 1.66. The van der Waals surface area contributed by atoms with E-state index in [4.69, 9.17) is 14.6 Å². The van der Waals surface area contributed by atoms with Gasteiger partial charge in [-0.25, -0.2) is 23.5 Å². The number of nitrogens with two attached hydrogens (primary N) is 1. The van der Waals surface area contributed by atoms with Crippen LogP contribution in [-0.4, -0.2) is 44.9 Å². The average Bonchev–Trinajstić information content (AvgIpc) is 2.49. The molecule has 8 nitrogen and oxygen atoms in total. The van der Waals surface area contributed by atoms with Crippen molar-refractivity contribution in [2.45, 2.75) is 6.42 Å². The summed E-state index contributed by atoms with van der Waals surface area (Å²) in [4.78, 5) is 8.36. The molecule has 23 heavy (non-hydrogen) atoms. The first-order chi connectivity index (χ1) is 10.4. The van der Waals surface area contributed by atoms with Crippen LogP contribution in [0.4, 0.5) is 5.82 Å². The SMILES string of the molecule is COc1cc2ncnc(NCCCS(N)(=O)=O)c2cc1OC.Cl. The number of halogens is 1. The highest BCUT2D eigenvalue weighted by Crippen LogP contribution is 2.33. The van der Waals surface area contributed by atoms with Gasteiger partial charge in [0.15, 0.2) is 11.5 Å². The average molecular weight is 363 g/mol. The van der Waals surface area contributed by atoms with Crippen LogP contribution in [0.1, 0.15) is 6.42 Å². The minimum absolute atomic E-state index is 0. The molecule has 128 valence electrons. The number of benzene rings is 1. The summed E-state index contributed by atoms with van der Waals surface area (Å²) in [6.07, 6.45) is 1.81.